The number of oxime groups is 1. The lowest BCUT2D eigenvalue weighted by molar-refractivity contribution is -0.142. The molecule has 8 nitrogen and oxygen atoms in total. The van der Waals surface area contributed by atoms with Crippen LogP contribution < -0.4 is 5.32 Å². The maximum Gasteiger partial charge on any atom is 0.350 e. The SMILES string of the molecule is O=CNc1nc(CC(=O)O/N=C\C(=O)O)c(Cl)s1. The van der Waals surface area contributed by atoms with Crippen LogP contribution in [0, 0.1) is 0 Å². The number of nitrogens with one attached hydrogen (secondary N) is 1. The molecule has 96 valence electrons. The Morgan fingerprint density at radius 3 is 2.94 bits per heavy atom. The topological polar surface area (TPSA) is 118 Å². The van der Waals surface area contributed by atoms with Gasteiger partial charge in [0.2, 0.25) is 6.41 Å². The predicted molar refractivity (Wildman–Crippen MR) is 62.7 cm³/mol. The molecule has 0 atom stereocenters. The number of carbonyl (C=O) groups excluding carboxylic acids is 2. The van der Waals surface area contributed by atoms with E-state index in [1.54, 1.807) is 0 Å². The monoisotopic (exact) mass is 291 g/mol. The third-order valence-corrected chi connectivity index (χ3v) is 2.73. The molecule has 1 amide bonds. The van der Waals surface area contributed by atoms with Crippen LogP contribution in [-0.4, -0.2) is 34.7 Å². The summed E-state index contributed by atoms with van der Waals surface area (Å²) in [5.74, 6) is -2.16. The third kappa shape index (κ3) is 4.47. The highest BCUT2D eigenvalue weighted by Gasteiger charge is 2.14. The molecule has 18 heavy (non-hydrogen) atoms. The number of halogens is 1. The molecule has 0 aliphatic carbocycles. The van der Waals surface area contributed by atoms with Gasteiger partial charge in [-0.05, 0) is 0 Å². The van der Waals surface area contributed by atoms with Crippen LogP contribution >= 0.6 is 22.9 Å². The van der Waals surface area contributed by atoms with Crippen molar-refractivity contribution in [2.75, 3.05) is 5.32 Å². The Kier molecular flexibility index (Phi) is 5.21. The van der Waals surface area contributed by atoms with Crippen LogP contribution in [-0.2, 0) is 25.6 Å². The van der Waals surface area contributed by atoms with Crippen molar-refractivity contribution in [3.8, 4) is 0 Å². The van der Waals surface area contributed by atoms with Gasteiger partial charge in [0.15, 0.2) is 11.3 Å². The predicted octanol–water partition coefficient (Wildman–Crippen LogP) is 0.521. The van der Waals surface area contributed by atoms with Crippen LogP contribution in [0.15, 0.2) is 5.16 Å². The molecule has 0 radical (unpaired) electrons. The number of aromatic nitrogens is 1. The first-order chi connectivity index (χ1) is 8.52. The number of aliphatic carboxylic acids is 1. The lowest BCUT2D eigenvalue weighted by atomic mass is 10.3. The lowest BCUT2D eigenvalue weighted by Gasteiger charge is -1.94. The zero-order valence-electron chi connectivity index (χ0n) is 8.62. The number of carbonyl (C=O) groups is 3. The first kappa shape index (κ1) is 14.1. The zero-order chi connectivity index (χ0) is 13.5. The summed E-state index contributed by atoms with van der Waals surface area (Å²) >= 11 is 6.75. The van der Waals surface area contributed by atoms with E-state index >= 15 is 0 Å². The van der Waals surface area contributed by atoms with Crippen molar-refractivity contribution in [2.24, 2.45) is 5.16 Å². The Bertz CT molecular complexity index is 501. The van der Waals surface area contributed by atoms with Gasteiger partial charge in [0, 0.05) is 0 Å². The first-order valence-corrected chi connectivity index (χ1v) is 5.54. The molecule has 0 saturated carbocycles. The Morgan fingerprint density at radius 1 is 1.61 bits per heavy atom. The average Bonchev–Trinajstić information content (AvgIpc) is 2.59. The standard InChI is InChI=1S/C8H6ClN3O5S/c9-7-4(12-8(18-7)10-3-13)1-6(16)17-11-2-5(14)15/h2-3H,1H2,(H,14,15)(H,10,12,13)/b11-2-. The largest absolute Gasteiger partial charge is 0.477 e. The smallest absolute Gasteiger partial charge is 0.350 e. The van der Waals surface area contributed by atoms with Gasteiger partial charge in [-0.1, -0.05) is 28.1 Å². The van der Waals surface area contributed by atoms with Crippen molar-refractivity contribution in [1.29, 1.82) is 0 Å². The molecule has 0 aliphatic rings. The van der Waals surface area contributed by atoms with Gasteiger partial charge in [0.1, 0.15) is 4.34 Å². The molecule has 1 rings (SSSR count). The van der Waals surface area contributed by atoms with Crippen LogP contribution in [0.5, 0.6) is 0 Å². The van der Waals surface area contributed by atoms with Crippen molar-refractivity contribution >= 4 is 52.6 Å². The van der Waals surface area contributed by atoms with E-state index in [2.05, 4.69) is 20.3 Å². The molecule has 0 unspecified atom stereocenters. The summed E-state index contributed by atoms with van der Waals surface area (Å²) in [5.41, 5.74) is 0.210. The molecule has 0 aromatic carbocycles. The third-order valence-electron chi connectivity index (χ3n) is 1.46. The highest BCUT2D eigenvalue weighted by molar-refractivity contribution is 7.19. The van der Waals surface area contributed by atoms with E-state index in [9.17, 15) is 14.4 Å². The van der Waals surface area contributed by atoms with Crippen LogP contribution in [0.25, 0.3) is 0 Å². The van der Waals surface area contributed by atoms with E-state index in [1.807, 2.05) is 0 Å². The summed E-state index contributed by atoms with van der Waals surface area (Å²) in [4.78, 5) is 39.5. The van der Waals surface area contributed by atoms with Crippen molar-refractivity contribution in [2.45, 2.75) is 6.42 Å². The highest BCUT2D eigenvalue weighted by atomic mass is 35.5. The van der Waals surface area contributed by atoms with Crippen LogP contribution in [0.2, 0.25) is 4.34 Å². The zero-order valence-corrected chi connectivity index (χ0v) is 10.2. The molecular weight excluding hydrogens is 286 g/mol. The van der Waals surface area contributed by atoms with Crippen molar-refractivity contribution in [1.82, 2.24) is 4.98 Å². The van der Waals surface area contributed by atoms with Gasteiger partial charge in [0.05, 0.1) is 12.1 Å². The van der Waals surface area contributed by atoms with E-state index < -0.39 is 11.9 Å². The Balaban J connectivity index is 2.58. The van der Waals surface area contributed by atoms with Gasteiger partial charge in [0.25, 0.3) is 0 Å². The number of carboxylic acid groups (broad SMARTS) is 1. The number of hydrogen-bond acceptors (Lipinski definition) is 7. The summed E-state index contributed by atoms with van der Waals surface area (Å²) in [5, 5.41) is 13.7. The fourth-order valence-electron chi connectivity index (χ4n) is 0.854. The van der Waals surface area contributed by atoms with E-state index in [4.69, 9.17) is 16.7 Å². The van der Waals surface area contributed by atoms with Crippen molar-refractivity contribution < 1.29 is 24.3 Å². The number of nitrogens with zero attached hydrogens (tertiary/aromatic N) is 2. The van der Waals surface area contributed by atoms with Gasteiger partial charge < -0.3 is 15.3 Å². The summed E-state index contributed by atoms with van der Waals surface area (Å²) in [6, 6.07) is 0. The van der Waals surface area contributed by atoms with Gasteiger partial charge in [-0.2, -0.15) is 0 Å². The first-order valence-electron chi connectivity index (χ1n) is 4.34. The molecule has 1 heterocycles. The minimum Gasteiger partial charge on any atom is -0.477 e. The van der Waals surface area contributed by atoms with Crippen molar-refractivity contribution in [3.05, 3.63) is 10.0 Å². The molecule has 0 bridgehead atoms. The minimum absolute atomic E-state index is 0.210. The second-order valence-corrected chi connectivity index (χ2v) is 4.32. The number of rotatable bonds is 6. The van der Waals surface area contributed by atoms with Gasteiger partial charge in [-0.3, -0.25) is 4.79 Å². The van der Waals surface area contributed by atoms with Gasteiger partial charge in [-0.25, -0.2) is 14.6 Å². The molecule has 1 aromatic rings. The van der Waals surface area contributed by atoms with Crippen LogP contribution in [0.4, 0.5) is 5.13 Å². The van der Waals surface area contributed by atoms with Gasteiger partial charge in [-0.15, -0.1) is 0 Å². The highest BCUT2D eigenvalue weighted by Crippen LogP contribution is 2.28. The Labute approximate surface area is 109 Å². The Morgan fingerprint density at radius 2 is 2.33 bits per heavy atom. The second-order valence-electron chi connectivity index (χ2n) is 2.71. The van der Waals surface area contributed by atoms with E-state index in [1.165, 1.54) is 0 Å². The van der Waals surface area contributed by atoms with E-state index in [-0.39, 0.29) is 21.6 Å². The van der Waals surface area contributed by atoms with Crippen LogP contribution in [0.3, 0.4) is 0 Å². The maximum atomic E-state index is 11.2. The lowest BCUT2D eigenvalue weighted by Crippen LogP contribution is -2.06. The summed E-state index contributed by atoms with van der Waals surface area (Å²) in [6.45, 7) is 0. The molecule has 0 fully saturated rings. The molecule has 0 spiro atoms. The summed E-state index contributed by atoms with van der Waals surface area (Å²) in [6.07, 6.45) is 0.571. The molecule has 0 aliphatic heterocycles. The fraction of sp³-hybridized carbons (Fsp3) is 0.125. The number of thiazole rings is 1. The van der Waals surface area contributed by atoms with Gasteiger partial charge >= 0.3 is 11.9 Å². The number of amides is 1. The minimum atomic E-state index is -1.34. The molecule has 0 saturated heterocycles. The molecule has 1 aromatic heterocycles. The normalized spacial score (nSPS) is 10.3. The molecule has 10 heteroatoms. The molecular formula is C8H6ClN3O5S. The molecule has 2 N–H and O–H groups in total. The second kappa shape index (κ2) is 6.67. The summed E-state index contributed by atoms with van der Waals surface area (Å²) in [7, 11) is 0. The average molecular weight is 292 g/mol. The fourth-order valence-corrected chi connectivity index (χ4v) is 1.85. The summed E-state index contributed by atoms with van der Waals surface area (Å²) < 4.78 is 0.221. The Hall–Kier alpha value is -2.00. The quantitative estimate of drug-likeness (QED) is 0.341. The number of carboxylic acids is 1. The number of hydrogen-bond donors (Lipinski definition) is 2. The van der Waals surface area contributed by atoms with Crippen LogP contribution in [0.1, 0.15) is 5.69 Å². The van der Waals surface area contributed by atoms with E-state index in [0.717, 1.165) is 11.3 Å². The van der Waals surface area contributed by atoms with Crippen molar-refractivity contribution in [3.63, 3.8) is 0 Å². The van der Waals surface area contributed by atoms with E-state index in [0.29, 0.717) is 12.6 Å². The maximum absolute atomic E-state index is 11.2. The number of anilines is 1.